The van der Waals surface area contributed by atoms with E-state index in [2.05, 4.69) is 24.8 Å². The van der Waals surface area contributed by atoms with Crippen molar-refractivity contribution in [2.45, 2.75) is 31.0 Å². The van der Waals surface area contributed by atoms with Gasteiger partial charge in [-0.3, -0.25) is 29.0 Å². The molecule has 166 valence electrons. The summed E-state index contributed by atoms with van der Waals surface area (Å²) in [5.74, 6) is 0.0869. The van der Waals surface area contributed by atoms with Crippen LogP contribution in [0.4, 0.5) is 5.95 Å². The van der Waals surface area contributed by atoms with E-state index in [0.29, 0.717) is 5.75 Å². The number of hydrogen-bond acceptors (Lipinski definition) is 10. The Balaban J connectivity index is 1.86. The summed E-state index contributed by atoms with van der Waals surface area (Å²) in [5.41, 5.74) is -0.780. The van der Waals surface area contributed by atoms with Gasteiger partial charge in [-0.05, 0) is 6.26 Å². The molecule has 2 aromatic heterocycles. The maximum Gasteiger partial charge on any atom is 0.469 e. The Morgan fingerprint density at radius 2 is 2.17 bits per heavy atom. The van der Waals surface area contributed by atoms with E-state index in [4.69, 9.17) is 14.5 Å². The molecule has 1 saturated heterocycles. The second kappa shape index (κ2) is 9.11. The molecular formula is C14H20N5O9PS. The molecule has 1 amide bonds. The van der Waals surface area contributed by atoms with Crippen molar-refractivity contribution in [3.8, 4) is 0 Å². The lowest BCUT2D eigenvalue weighted by atomic mass is 10.1. The molecule has 0 aromatic carbocycles. The summed E-state index contributed by atoms with van der Waals surface area (Å²) in [6, 6.07) is 0. The summed E-state index contributed by atoms with van der Waals surface area (Å²) in [4.78, 5) is 52.2. The molecule has 0 bridgehead atoms. The second-order valence-corrected chi connectivity index (χ2v) is 8.59. The predicted octanol–water partition coefficient (Wildman–Crippen LogP) is -1.46. The second-order valence-electron chi connectivity index (χ2n) is 6.36. The van der Waals surface area contributed by atoms with Gasteiger partial charge in [0.2, 0.25) is 11.9 Å². The summed E-state index contributed by atoms with van der Waals surface area (Å²) in [7, 11) is -4.81. The quantitative estimate of drug-likeness (QED) is 0.247. The zero-order chi connectivity index (χ0) is 22.1. The van der Waals surface area contributed by atoms with Gasteiger partial charge < -0.3 is 24.7 Å². The molecule has 4 atom stereocenters. The average molecular weight is 465 g/mol. The van der Waals surface area contributed by atoms with Crippen LogP contribution < -0.4 is 10.9 Å². The number of amides is 1. The average Bonchev–Trinajstić information content (AvgIpc) is 3.20. The van der Waals surface area contributed by atoms with Crippen LogP contribution in [0.2, 0.25) is 0 Å². The van der Waals surface area contributed by atoms with Crippen molar-refractivity contribution < 1.29 is 38.6 Å². The smallest absolute Gasteiger partial charge is 0.387 e. The lowest BCUT2D eigenvalue weighted by molar-refractivity contribution is -0.115. The topological polar surface area (TPSA) is 209 Å². The van der Waals surface area contributed by atoms with Gasteiger partial charge >= 0.3 is 7.82 Å². The first kappa shape index (κ1) is 22.8. The molecular weight excluding hydrogens is 445 g/mol. The summed E-state index contributed by atoms with van der Waals surface area (Å²) in [5, 5.41) is 22.9. The molecule has 2 aromatic rings. The minimum absolute atomic E-state index is 0.0354. The molecule has 1 fully saturated rings. The molecule has 3 heterocycles. The van der Waals surface area contributed by atoms with Gasteiger partial charge in [-0.2, -0.15) is 16.7 Å². The van der Waals surface area contributed by atoms with Crippen LogP contribution in [0.5, 0.6) is 0 Å². The minimum atomic E-state index is -4.81. The van der Waals surface area contributed by atoms with E-state index < -0.39 is 44.5 Å². The third-order valence-corrected chi connectivity index (χ3v) is 5.34. The van der Waals surface area contributed by atoms with Crippen LogP contribution in [-0.2, 0) is 18.6 Å². The van der Waals surface area contributed by atoms with Gasteiger partial charge in [-0.1, -0.05) is 0 Å². The number of phosphoric acid groups is 1. The minimum Gasteiger partial charge on any atom is -0.387 e. The molecule has 0 spiro atoms. The van der Waals surface area contributed by atoms with Gasteiger partial charge in [0.1, 0.15) is 18.3 Å². The molecule has 14 nitrogen and oxygen atoms in total. The summed E-state index contributed by atoms with van der Waals surface area (Å²) in [6.45, 7) is -0.684. The lowest BCUT2D eigenvalue weighted by Gasteiger charge is -2.16. The van der Waals surface area contributed by atoms with Gasteiger partial charge in [0.15, 0.2) is 17.4 Å². The number of nitrogens with one attached hydrogen (secondary N) is 2. The van der Waals surface area contributed by atoms with Crippen LogP contribution >= 0.6 is 19.6 Å². The molecule has 6 N–H and O–H groups in total. The van der Waals surface area contributed by atoms with E-state index in [-0.39, 0.29) is 29.4 Å². The Labute approximate surface area is 172 Å². The number of aliphatic hydroxyl groups is 2. The highest BCUT2D eigenvalue weighted by molar-refractivity contribution is 7.98. The van der Waals surface area contributed by atoms with Crippen molar-refractivity contribution >= 4 is 42.6 Å². The monoisotopic (exact) mass is 465 g/mol. The van der Waals surface area contributed by atoms with Crippen molar-refractivity contribution in [1.82, 2.24) is 19.5 Å². The van der Waals surface area contributed by atoms with Gasteiger partial charge in [0, 0.05) is 12.2 Å². The summed E-state index contributed by atoms with van der Waals surface area (Å²) >= 11 is 1.48. The van der Waals surface area contributed by atoms with Crippen molar-refractivity contribution in [2.24, 2.45) is 0 Å². The zero-order valence-corrected chi connectivity index (χ0v) is 17.2. The number of phosphoric ester groups is 1. The fraction of sp³-hybridized carbons (Fsp3) is 0.571. The molecule has 0 aliphatic carbocycles. The number of aromatic nitrogens is 4. The fourth-order valence-corrected chi connectivity index (χ4v) is 3.56. The number of rotatable bonds is 8. The van der Waals surface area contributed by atoms with Gasteiger partial charge in [-0.15, -0.1) is 0 Å². The molecule has 0 radical (unpaired) electrons. The van der Waals surface area contributed by atoms with Crippen LogP contribution in [-0.4, -0.2) is 82.4 Å². The third kappa shape index (κ3) is 5.07. The summed E-state index contributed by atoms with van der Waals surface area (Å²) in [6.07, 6.45) is -2.40. The SMILES string of the molecule is CSCCC(=O)Nc1nc2c(ncn2[C@@H]2O[C@H](COP(=O)(O)O)[C@@H](O)[C@H]2O)c(=O)[nH]1. The fourth-order valence-electron chi connectivity index (χ4n) is 2.83. The number of carbonyl (C=O) groups is 1. The Morgan fingerprint density at radius 1 is 1.43 bits per heavy atom. The summed E-state index contributed by atoms with van der Waals surface area (Å²) < 4.78 is 21.8. The van der Waals surface area contributed by atoms with E-state index in [1.54, 1.807) is 0 Å². The van der Waals surface area contributed by atoms with Crippen LogP contribution in [0.15, 0.2) is 11.1 Å². The number of imidazole rings is 1. The highest BCUT2D eigenvalue weighted by Gasteiger charge is 2.45. The number of H-pyrrole nitrogens is 1. The first-order valence-corrected chi connectivity index (χ1v) is 11.5. The Hall–Kier alpha value is -1.84. The molecule has 1 aliphatic rings. The Bertz CT molecular complexity index is 1020. The number of fused-ring (bicyclic) bond motifs is 1. The van der Waals surface area contributed by atoms with Crippen LogP contribution in [0.25, 0.3) is 11.2 Å². The van der Waals surface area contributed by atoms with Gasteiger partial charge in [-0.25, -0.2) is 9.55 Å². The zero-order valence-electron chi connectivity index (χ0n) is 15.5. The molecule has 16 heteroatoms. The van der Waals surface area contributed by atoms with E-state index in [0.717, 1.165) is 6.33 Å². The van der Waals surface area contributed by atoms with Crippen molar-refractivity contribution in [2.75, 3.05) is 23.9 Å². The van der Waals surface area contributed by atoms with Crippen molar-refractivity contribution in [3.63, 3.8) is 0 Å². The molecule has 3 rings (SSSR count). The molecule has 1 aliphatic heterocycles. The van der Waals surface area contributed by atoms with E-state index in [1.807, 2.05) is 6.26 Å². The number of nitrogens with zero attached hydrogens (tertiary/aromatic N) is 3. The number of hydrogen-bond donors (Lipinski definition) is 6. The molecule has 0 unspecified atom stereocenters. The number of ether oxygens (including phenoxy) is 1. The van der Waals surface area contributed by atoms with Crippen LogP contribution in [0.3, 0.4) is 0 Å². The molecule has 30 heavy (non-hydrogen) atoms. The highest BCUT2D eigenvalue weighted by Crippen LogP contribution is 2.38. The van der Waals surface area contributed by atoms with E-state index in [1.165, 1.54) is 16.3 Å². The lowest BCUT2D eigenvalue weighted by Crippen LogP contribution is -2.33. The van der Waals surface area contributed by atoms with Crippen LogP contribution in [0.1, 0.15) is 12.6 Å². The maximum absolute atomic E-state index is 12.3. The first-order valence-electron chi connectivity index (χ1n) is 8.58. The van der Waals surface area contributed by atoms with Crippen molar-refractivity contribution in [3.05, 3.63) is 16.7 Å². The third-order valence-electron chi connectivity index (χ3n) is 4.24. The van der Waals surface area contributed by atoms with E-state index in [9.17, 15) is 24.4 Å². The number of thioether (sulfide) groups is 1. The van der Waals surface area contributed by atoms with Crippen LogP contribution in [0, 0.1) is 0 Å². The van der Waals surface area contributed by atoms with Gasteiger partial charge in [0.05, 0.1) is 12.9 Å². The van der Waals surface area contributed by atoms with Crippen molar-refractivity contribution in [1.29, 1.82) is 0 Å². The Kier molecular flexibility index (Phi) is 6.94. The number of carbonyl (C=O) groups excluding carboxylic acids is 1. The standard InChI is InChI=1S/C14H20N5O9PS/c1-30-3-2-7(20)16-14-17-11-8(12(23)18-14)15-5-19(11)13-10(22)9(21)6(28-13)4-27-29(24,25)26/h5-6,9-10,13,21-22H,2-4H2,1H3,(H2,24,25,26)(H2,16,17,18,20,23)/t6-,9-,10-,13-/m1/s1. The molecule has 0 saturated carbocycles. The maximum atomic E-state index is 12.3. The normalized spacial score (nSPS) is 24.4. The van der Waals surface area contributed by atoms with Gasteiger partial charge in [0.25, 0.3) is 5.56 Å². The number of aliphatic hydroxyl groups excluding tert-OH is 2. The predicted molar refractivity (Wildman–Crippen MR) is 104 cm³/mol. The Morgan fingerprint density at radius 3 is 2.83 bits per heavy atom. The highest BCUT2D eigenvalue weighted by atomic mass is 32.2. The first-order chi connectivity index (χ1) is 14.1. The number of aromatic amines is 1. The van der Waals surface area contributed by atoms with E-state index >= 15 is 0 Å². The number of anilines is 1. The largest absolute Gasteiger partial charge is 0.469 e.